The molecule has 1 heterocycles. The van der Waals surface area contributed by atoms with Crippen molar-refractivity contribution in [2.24, 2.45) is 0 Å². The fourth-order valence-electron chi connectivity index (χ4n) is 1.75. The molecule has 1 atom stereocenters. The molecular weight excluding hydrogens is 366 g/mol. The first-order valence-corrected chi connectivity index (χ1v) is 8.53. The highest BCUT2D eigenvalue weighted by Crippen LogP contribution is 2.25. The van der Waals surface area contributed by atoms with Crippen LogP contribution in [0.15, 0.2) is 50.4 Å². The van der Waals surface area contributed by atoms with Gasteiger partial charge in [0.25, 0.3) is 0 Å². The van der Waals surface area contributed by atoms with Crippen LogP contribution in [-0.4, -0.2) is 14.5 Å². The molecule has 1 aromatic heterocycles. The Morgan fingerprint density at radius 3 is 2.75 bits per heavy atom. The maximum absolute atomic E-state index is 12.2. The molecule has 0 radical (unpaired) electrons. The third kappa shape index (κ3) is 3.85. The standard InChI is InChI=1S/C13H13BrClNO3S/c1-9(7-10-3-2-6-19-10)16-20(17,18)11-4-5-13(15)12(14)8-11/h2-6,8-9,16H,7H2,1H3. The average molecular weight is 379 g/mol. The zero-order valence-electron chi connectivity index (χ0n) is 10.6. The number of halogens is 2. The van der Waals surface area contributed by atoms with Crippen LogP contribution in [0, 0.1) is 0 Å². The lowest BCUT2D eigenvalue weighted by Crippen LogP contribution is -2.34. The van der Waals surface area contributed by atoms with Gasteiger partial charge in [-0.3, -0.25) is 0 Å². The maximum atomic E-state index is 12.2. The van der Waals surface area contributed by atoms with Crippen LogP contribution in [0.2, 0.25) is 5.02 Å². The molecule has 20 heavy (non-hydrogen) atoms. The van der Waals surface area contributed by atoms with Crippen molar-refractivity contribution in [1.29, 1.82) is 0 Å². The van der Waals surface area contributed by atoms with Crippen molar-refractivity contribution >= 4 is 37.6 Å². The first-order valence-electron chi connectivity index (χ1n) is 5.88. The van der Waals surface area contributed by atoms with Gasteiger partial charge in [-0.15, -0.1) is 0 Å². The Hall–Kier alpha value is -0.820. The summed E-state index contributed by atoms with van der Waals surface area (Å²) in [4.78, 5) is 0.167. The Morgan fingerprint density at radius 2 is 2.15 bits per heavy atom. The van der Waals surface area contributed by atoms with E-state index in [1.54, 1.807) is 19.3 Å². The van der Waals surface area contributed by atoms with Gasteiger partial charge < -0.3 is 4.42 Å². The molecule has 0 saturated carbocycles. The minimum absolute atomic E-state index is 0.167. The van der Waals surface area contributed by atoms with Crippen molar-refractivity contribution in [2.45, 2.75) is 24.3 Å². The van der Waals surface area contributed by atoms with E-state index < -0.39 is 10.0 Å². The molecule has 2 rings (SSSR count). The smallest absolute Gasteiger partial charge is 0.240 e. The summed E-state index contributed by atoms with van der Waals surface area (Å²) in [7, 11) is -3.58. The van der Waals surface area contributed by atoms with E-state index in [0.29, 0.717) is 15.9 Å². The lowest BCUT2D eigenvalue weighted by atomic mass is 10.2. The van der Waals surface area contributed by atoms with Crippen LogP contribution in [0.25, 0.3) is 0 Å². The van der Waals surface area contributed by atoms with Crippen molar-refractivity contribution in [3.63, 3.8) is 0 Å². The van der Waals surface area contributed by atoms with Gasteiger partial charge in [0.15, 0.2) is 0 Å². The van der Waals surface area contributed by atoms with Gasteiger partial charge in [-0.05, 0) is 53.2 Å². The number of hydrogen-bond acceptors (Lipinski definition) is 3. The van der Waals surface area contributed by atoms with Crippen molar-refractivity contribution < 1.29 is 12.8 Å². The first kappa shape index (κ1) is 15.6. The first-order chi connectivity index (χ1) is 9.38. The third-order valence-corrected chi connectivity index (χ3v) is 5.45. The SMILES string of the molecule is CC(Cc1ccco1)NS(=O)(=O)c1ccc(Cl)c(Br)c1. The van der Waals surface area contributed by atoms with Gasteiger partial charge in [-0.1, -0.05) is 11.6 Å². The second-order valence-corrected chi connectivity index (χ2v) is 7.36. The number of nitrogens with one attached hydrogen (secondary N) is 1. The predicted octanol–water partition coefficient (Wildman–Crippen LogP) is 3.61. The molecule has 0 fully saturated rings. The zero-order chi connectivity index (χ0) is 14.8. The van der Waals surface area contributed by atoms with E-state index in [0.717, 1.165) is 5.76 Å². The molecule has 0 bridgehead atoms. The molecule has 7 heteroatoms. The molecule has 1 unspecified atom stereocenters. The van der Waals surface area contributed by atoms with Crippen molar-refractivity contribution in [1.82, 2.24) is 4.72 Å². The maximum Gasteiger partial charge on any atom is 0.240 e. The zero-order valence-corrected chi connectivity index (χ0v) is 13.8. The summed E-state index contributed by atoms with van der Waals surface area (Å²) in [6.45, 7) is 1.78. The molecule has 0 amide bonds. The summed E-state index contributed by atoms with van der Waals surface area (Å²) in [5.74, 6) is 0.734. The van der Waals surface area contributed by atoms with Crippen LogP contribution < -0.4 is 4.72 Å². The molecule has 2 aromatic rings. The van der Waals surface area contributed by atoms with E-state index in [2.05, 4.69) is 20.7 Å². The van der Waals surface area contributed by atoms with Crippen LogP contribution in [0.1, 0.15) is 12.7 Å². The summed E-state index contributed by atoms with van der Waals surface area (Å²) in [5, 5.41) is 0.465. The van der Waals surface area contributed by atoms with Gasteiger partial charge in [0.05, 0.1) is 16.2 Å². The Labute approximate surface area is 131 Å². The Bertz CT molecular complexity index is 686. The summed E-state index contributed by atoms with van der Waals surface area (Å²) in [5.41, 5.74) is 0. The highest BCUT2D eigenvalue weighted by atomic mass is 79.9. The quantitative estimate of drug-likeness (QED) is 0.864. The van der Waals surface area contributed by atoms with Gasteiger partial charge in [-0.2, -0.15) is 0 Å². The van der Waals surface area contributed by atoms with Crippen LogP contribution in [0.4, 0.5) is 0 Å². The minimum Gasteiger partial charge on any atom is -0.469 e. The molecule has 0 aliphatic rings. The lowest BCUT2D eigenvalue weighted by Gasteiger charge is -2.13. The minimum atomic E-state index is -3.58. The number of sulfonamides is 1. The third-order valence-electron chi connectivity index (χ3n) is 2.65. The Balaban J connectivity index is 2.12. The fourth-order valence-corrected chi connectivity index (χ4v) is 3.67. The molecular formula is C13H13BrClNO3S. The number of hydrogen-bond donors (Lipinski definition) is 1. The predicted molar refractivity (Wildman–Crippen MR) is 81.3 cm³/mol. The van der Waals surface area contributed by atoms with E-state index in [-0.39, 0.29) is 10.9 Å². The van der Waals surface area contributed by atoms with Gasteiger partial charge in [0, 0.05) is 16.9 Å². The van der Waals surface area contributed by atoms with Crippen molar-refractivity contribution in [3.8, 4) is 0 Å². The Kier molecular flexibility index (Phi) is 4.90. The second kappa shape index (κ2) is 6.30. The molecule has 0 spiro atoms. The average Bonchev–Trinajstić information content (AvgIpc) is 2.84. The van der Waals surface area contributed by atoms with E-state index >= 15 is 0 Å². The highest BCUT2D eigenvalue weighted by Gasteiger charge is 2.19. The van der Waals surface area contributed by atoms with Gasteiger partial charge in [0.2, 0.25) is 10.0 Å². The molecule has 0 saturated heterocycles. The largest absolute Gasteiger partial charge is 0.469 e. The van der Waals surface area contributed by atoms with Crippen molar-refractivity contribution in [2.75, 3.05) is 0 Å². The van der Waals surface area contributed by atoms with Gasteiger partial charge in [-0.25, -0.2) is 13.1 Å². The monoisotopic (exact) mass is 377 g/mol. The van der Waals surface area contributed by atoms with Crippen LogP contribution in [0.3, 0.4) is 0 Å². The van der Waals surface area contributed by atoms with Crippen LogP contribution in [-0.2, 0) is 16.4 Å². The van der Waals surface area contributed by atoms with E-state index in [1.807, 2.05) is 6.07 Å². The van der Waals surface area contributed by atoms with Crippen molar-refractivity contribution in [3.05, 3.63) is 51.9 Å². The normalized spacial score (nSPS) is 13.3. The summed E-state index contributed by atoms with van der Waals surface area (Å²) in [6.07, 6.45) is 2.05. The van der Waals surface area contributed by atoms with E-state index in [1.165, 1.54) is 18.2 Å². The van der Waals surface area contributed by atoms with Gasteiger partial charge >= 0.3 is 0 Å². The number of furan rings is 1. The number of benzene rings is 1. The summed E-state index contributed by atoms with van der Waals surface area (Å²) in [6, 6.07) is 7.79. The second-order valence-electron chi connectivity index (χ2n) is 4.38. The fraction of sp³-hybridized carbons (Fsp3) is 0.231. The lowest BCUT2D eigenvalue weighted by molar-refractivity contribution is 0.479. The Morgan fingerprint density at radius 1 is 1.40 bits per heavy atom. The number of rotatable bonds is 5. The molecule has 4 nitrogen and oxygen atoms in total. The highest BCUT2D eigenvalue weighted by molar-refractivity contribution is 9.10. The summed E-state index contributed by atoms with van der Waals surface area (Å²) >= 11 is 9.07. The van der Waals surface area contributed by atoms with Gasteiger partial charge in [0.1, 0.15) is 5.76 Å². The molecule has 0 aliphatic carbocycles. The molecule has 1 N–H and O–H groups in total. The van der Waals surface area contributed by atoms with E-state index in [9.17, 15) is 8.42 Å². The van der Waals surface area contributed by atoms with E-state index in [4.69, 9.17) is 16.0 Å². The molecule has 108 valence electrons. The molecule has 0 aliphatic heterocycles. The molecule has 1 aromatic carbocycles. The van der Waals surface area contributed by atoms with Crippen LogP contribution >= 0.6 is 27.5 Å². The topological polar surface area (TPSA) is 59.3 Å². The summed E-state index contributed by atoms with van der Waals surface area (Å²) < 4.78 is 32.8. The van der Waals surface area contributed by atoms with Crippen LogP contribution in [0.5, 0.6) is 0 Å².